The summed E-state index contributed by atoms with van der Waals surface area (Å²) in [6, 6.07) is 25.3. The highest BCUT2D eigenvalue weighted by atomic mass is 16.3. The van der Waals surface area contributed by atoms with E-state index in [1.54, 1.807) is 0 Å². The summed E-state index contributed by atoms with van der Waals surface area (Å²) >= 11 is 0. The van der Waals surface area contributed by atoms with E-state index < -0.39 is 0 Å². The second kappa shape index (κ2) is 11.0. The molecule has 2 heterocycles. The Morgan fingerprint density at radius 3 is 2.26 bits per heavy atom. The van der Waals surface area contributed by atoms with Gasteiger partial charge < -0.3 is 4.42 Å². The number of benzene rings is 3. The lowest BCUT2D eigenvalue weighted by Crippen LogP contribution is -2.12. The Bertz CT molecular complexity index is 2050. The van der Waals surface area contributed by atoms with Gasteiger partial charge in [-0.1, -0.05) is 103 Å². The maximum atomic E-state index is 6.16. The number of allylic oxidation sites excluding steroid dienone is 12. The molecule has 0 saturated heterocycles. The Labute approximate surface area is 251 Å². The van der Waals surface area contributed by atoms with E-state index in [0.717, 1.165) is 82.7 Å². The largest absolute Gasteiger partial charge is 0.456 e. The fraction of sp³-hybridized carbons (Fsp3) is 0.154. The Hall–Kier alpha value is -5.09. The molecule has 1 unspecified atom stereocenters. The molecule has 8 rings (SSSR count). The lowest BCUT2D eigenvalue weighted by molar-refractivity contribution is 0.669. The topological polar surface area (TPSA) is 51.8 Å². The first-order valence-corrected chi connectivity index (χ1v) is 15.2. The van der Waals surface area contributed by atoms with Gasteiger partial charge >= 0.3 is 0 Å². The third kappa shape index (κ3) is 4.99. The van der Waals surface area contributed by atoms with E-state index in [-0.39, 0.29) is 5.92 Å². The maximum absolute atomic E-state index is 6.16. The molecule has 208 valence electrons. The van der Waals surface area contributed by atoms with E-state index in [4.69, 9.17) is 19.4 Å². The molecule has 2 aromatic heterocycles. The van der Waals surface area contributed by atoms with Crippen molar-refractivity contribution in [1.29, 1.82) is 0 Å². The highest BCUT2D eigenvalue weighted by Crippen LogP contribution is 2.36. The fourth-order valence-electron chi connectivity index (χ4n) is 6.26. The highest BCUT2D eigenvalue weighted by Gasteiger charge is 2.21. The van der Waals surface area contributed by atoms with Crippen LogP contribution in [-0.4, -0.2) is 15.0 Å². The van der Waals surface area contributed by atoms with Crippen LogP contribution in [0.5, 0.6) is 0 Å². The third-order valence-electron chi connectivity index (χ3n) is 8.63. The van der Waals surface area contributed by atoms with Crippen LogP contribution in [-0.2, 0) is 0 Å². The summed E-state index contributed by atoms with van der Waals surface area (Å²) in [7, 11) is 0. The molecule has 0 N–H and O–H groups in total. The summed E-state index contributed by atoms with van der Waals surface area (Å²) in [5.74, 6) is 2.51. The maximum Gasteiger partial charge on any atom is 0.163 e. The molecule has 0 radical (unpaired) electrons. The first kappa shape index (κ1) is 25.6. The van der Waals surface area contributed by atoms with Crippen LogP contribution < -0.4 is 0 Å². The number of para-hydroxylation sites is 1. The number of hydrogen-bond acceptors (Lipinski definition) is 4. The molecule has 3 aromatic carbocycles. The number of aromatic nitrogens is 3. The molecule has 0 amide bonds. The SMILES string of the molecule is C1=CC(c2nc(C3=CC=C(c4ccc5c(c4)oc4ccccc45)CC3)nc(C3C=CC(c4ccccc4)=CC3)n2)=CCC1. The Balaban J connectivity index is 1.12. The van der Waals surface area contributed by atoms with Crippen molar-refractivity contribution in [3.63, 3.8) is 0 Å². The zero-order valence-corrected chi connectivity index (χ0v) is 23.9. The molecule has 43 heavy (non-hydrogen) atoms. The van der Waals surface area contributed by atoms with Gasteiger partial charge in [0.1, 0.15) is 17.0 Å². The standard InChI is InChI=1S/C39H31N3O/c1-3-9-26(10-4-1)27-15-19-30(20-16-27)38-40-37(29-11-5-2-6-12-29)41-39(42-38)31-21-17-28(18-22-31)32-23-24-34-33-13-7-8-14-35(33)43-36(34)25-32/h1,3-5,7-17,19,21,23-25,30H,2,6,18,20,22H2. The van der Waals surface area contributed by atoms with Crippen molar-refractivity contribution in [2.45, 2.75) is 38.0 Å². The van der Waals surface area contributed by atoms with Crippen LogP contribution in [0.4, 0.5) is 0 Å². The summed E-state index contributed by atoms with van der Waals surface area (Å²) < 4.78 is 6.16. The quantitative estimate of drug-likeness (QED) is 0.216. The number of rotatable bonds is 5. The summed E-state index contributed by atoms with van der Waals surface area (Å²) in [6.07, 6.45) is 22.5. The van der Waals surface area contributed by atoms with Crippen molar-refractivity contribution in [3.8, 4) is 0 Å². The van der Waals surface area contributed by atoms with Crippen LogP contribution in [0.25, 0.3) is 44.2 Å². The van der Waals surface area contributed by atoms with Gasteiger partial charge in [-0.2, -0.15) is 0 Å². The van der Waals surface area contributed by atoms with Crippen molar-refractivity contribution in [3.05, 3.63) is 150 Å². The molecule has 0 saturated carbocycles. The van der Waals surface area contributed by atoms with Gasteiger partial charge in [0.25, 0.3) is 0 Å². The van der Waals surface area contributed by atoms with Gasteiger partial charge in [-0.05, 0) is 78.1 Å². The van der Waals surface area contributed by atoms with Crippen LogP contribution in [0, 0.1) is 0 Å². The molecular weight excluding hydrogens is 526 g/mol. The Morgan fingerprint density at radius 2 is 1.44 bits per heavy atom. The lowest BCUT2D eigenvalue weighted by Gasteiger charge is -2.19. The van der Waals surface area contributed by atoms with Crippen molar-refractivity contribution in [2.24, 2.45) is 0 Å². The van der Waals surface area contributed by atoms with Crippen LogP contribution in [0.15, 0.2) is 126 Å². The van der Waals surface area contributed by atoms with Crippen LogP contribution >= 0.6 is 0 Å². The third-order valence-corrected chi connectivity index (χ3v) is 8.63. The molecule has 1 atom stereocenters. The van der Waals surface area contributed by atoms with Gasteiger partial charge in [0.05, 0.1) is 0 Å². The summed E-state index contributed by atoms with van der Waals surface area (Å²) in [5, 5.41) is 2.32. The van der Waals surface area contributed by atoms with Gasteiger partial charge in [-0.3, -0.25) is 0 Å². The first-order chi connectivity index (χ1) is 21.3. The summed E-state index contributed by atoms with van der Waals surface area (Å²) in [4.78, 5) is 15.1. The van der Waals surface area contributed by atoms with Crippen molar-refractivity contribution >= 4 is 44.2 Å². The van der Waals surface area contributed by atoms with E-state index in [0.29, 0.717) is 0 Å². The monoisotopic (exact) mass is 557 g/mol. The van der Waals surface area contributed by atoms with E-state index >= 15 is 0 Å². The van der Waals surface area contributed by atoms with Crippen LogP contribution in [0.1, 0.15) is 66.6 Å². The molecule has 5 aromatic rings. The molecule has 4 heteroatoms. The van der Waals surface area contributed by atoms with Gasteiger partial charge in [0, 0.05) is 22.3 Å². The summed E-state index contributed by atoms with van der Waals surface area (Å²) in [6.45, 7) is 0. The molecule has 4 nitrogen and oxygen atoms in total. The Kier molecular flexibility index (Phi) is 6.52. The average Bonchev–Trinajstić information content (AvgIpc) is 3.47. The minimum Gasteiger partial charge on any atom is -0.456 e. The van der Waals surface area contributed by atoms with E-state index in [9.17, 15) is 0 Å². The molecule has 0 spiro atoms. The fourth-order valence-corrected chi connectivity index (χ4v) is 6.26. The highest BCUT2D eigenvalue weighted by molar-refractivity contribution is 6.05. The predicted molar refractivity (Wildman–Crippen MR) is 176 cm³/mol. The second-order valence-electron chi connectivity index (χ2n) is 11.4. The number of fused-ring (bicyclic) bond motifs is 3. The molecular formula is C39H31N3O. The van der Waals surface area contributed by atoms with Gasteiger partial charge in [-0.25, -0.2) is 15.0 Å². The number of furan rings is 1. The zero-order valence-electron chi connectivity index (χ0n) is 23.9. The first-order valence-electron chi connectivity index (χ1n) is 15.2. The smallest absolute Gasteiger partial charge is 0.163 e. The van der Waals surface area contributed by atoms with Crippen LogP contribution in [0.2, 0.25) is 0 Å². The lowest BCUT2D eigenvalue weighted by atomic mass is 9.91. The Morgan fingerprint density at radius 1 is 0.628 bits per heavy atom. The predicted octanol–water partition coefficient (Wildman–Crippen LogP) is 9.89. The van der Waals surface area contributed by atoms with E-state index in [2.05, 4.69) is 109 Å². The van der Waals surface area contributed by atoms with Crippen molar-refractivity contribution < 1.29 is 4.42 Å². The van der Waals surface area contributed by atoms with Crippen LogP contribution in [0.3, 0.4) is 0 Å². The number of hydrogen-bond donors (Lipinski definition) is 0. The molecule has 0 fully saturated rings. The van der Waals surface area contributed by atoms with Crippen molar-refractivity contribution in [2.75, 3.05) is 0 Å². The second-order valence-corrected chi connectivity index (χ2v) is 11.4. The summed E-state index contributed by atoms with van der Waals surface area (Å²) in [5.41, 5.74) is 9.08. The molecule has 3 aliphatic rings. The minimum atomic E-state index is 0.118. The molecule has 0 aliphatic heterocycles. The number of nitrogens with zero attached hydrogens (tertiary/aromatic N) is 3. The minimum absolute atomic E-state index is 0.118. The molecule has 0 bridgehead atoms. The van der Waals surface area contributed by atoms with Gasteiger partial charge in [0.2, 0.25) is 0 Å². The van der Waals surface area contributed by atoms with Crippen molar-refractivity contribution in [1.82, 2.24) is 15.0 Å². The zero-order chi connectivity index (χ0) is 28.6. The van der Waals surface area contributed by atoms with E-state index in [1.807, 2.05) is 12.1 Å². The van der Waals surface area contributed by atoms with Gasteiger partial charge in [0.15, 0.2) is 11.6 Å². The van der Waals surface area contributed by atoms with Gasteiger partial charge in [-0.15, -0.1) is 0 Å². The molecule has 3 aliphatic carbocycles. The van der Waals surface area contributed by atoms with E-state index in [1.165, 1.54) is 22.3 Å². The average molecular weight is 558 g/mol. The normalized spacial score (nSPS) is 18.4.